The molecule has 0 radical (unpaired) electrons. The highest BCUT2D eigenvalue weighted by atomic mass is 35.5. The van der Waals surface area contributed by atoms with Crippen molar-refractivity contribution in [2.24, 2.45) is 0 Å². The number of amides is 3. The number of rotatable bonds is 7. The van der Waals surface area contributed by atoms with Crippen molar-refractivity contribution < 1.29 is 9.59 Å². The summed E-state index contributed by atoms with van der Waals surface area (Å²) in [6.45, 7) is 3.27. The van der Waals surface area contributed by atoms with E-state index in [1.165, 1.54) is 11.1 Å². The Kier molecular flexibility index (Phi) is 9.19. The normalized spacial score (nSPS) is 12.8. The molecule has 6 nitrogen and oxygen atoms in total. The quantitative estimate of drug-likeness (QED) is 0.646. The highest BCUT2D eigenvalue weighted by Crippen LogP contribution is 2.18. The molecule has 0 saturated carbocycles. The lowest BCUT2D eigenvalue weighted by Crippen LogP contribution is -2.43. The summed E-state index contributed by atoms with van der Waals surface area (Å²) >= 11 is 0. The first-order valence-corrected chi connectivity index (χ1v) is 8.21. The third-order valence-electron chi connectivity index (χ3n) is 3.97. The molecule has 2 rings (SSSR count). The molecular formula is C17H27ClN4O2. The standard InChI is InChI=1S/C17H26N4O2.ClH/c1-18-9-4-10-19-16(22)7-11-20-17(23)21-12-8-14-5-2-3-6-15(14)13-21;/h2-3,5-6,18H,4,7-13H2,1H3,(H,19,22)(H,20,23);1H. The van der Waals surface area contributed by atoms with Crippen molar-refractivity contribution in [3.63, 3.8) is 0 Å². The largest absolute Gasteiger partial charge is 0.356 e. The van der Waals surface area contributed by atoms with E-state index in [1.54, 1.807) is 4.90 Å². The van der Waals surface area contributed by atoms with Gasteiger partial charge in [0, 0.05) is 32.6 Å². The maximum Gasteiger partial charge on any atom is 0.317 e. The first-order chi connectivity index (χ1) is 11.2. The molecule has 1 aliphatic rings. The van der Waals surface area contributed by atoms with E-state index in [0.717, 1.165) is 25.9 Å². The number of nitrogens with one attached hydrogen (secondary N) is 3. The SMILES string of the molecule is CNCCCNC(=O)CCNC(=O)N1CCc2ccccc2C1.Cl. The molecule has 0 spiro atoms. The van der Waals surface area contributed by atoms with Gasteiger partial charge in [-0.2, -0.15) is 0 Å². The van der Waals surface area contributed by atoms with Gasteiger partial charge in [-0.1, -0.05) is 24.3 Å². The van der Waals surface area contributed by atoms with Gasteiger partial charge in [-0.25, -0.2) is 4.79 Å². The van der Waals surface area contributed by atoms with Crippen molar-refractivity contribution >= 4 is 24.3 Å². The first kappa shape index (κ1) is 20.3. The van der Waals surface area contributed by atoms with Crippen LogP contribution < -0.4 is 16.0 Å². The van der Waals surface area contributed by atoms with Gasteiger partial charge in [0.1, 0.15) is 0 Å². The van der Waals surface area contributed by atoms with Crippen molar-refractivity contribution in [3.05, 3.63) is 35.4 Å². The van der Waals surface area contributed by atoms with Crippen LogP contribution in [0.15, 0.2) is 24.3 Å². The van der Waals surface area contributed by atoms with Gasteiger partial charge in [0.25, 0.3) is 0 Å². The molecule has 0 fully saturated rings. The number of carbonyl (C=O) groups is 2. The minimum Gasteiger partial charge on any atom is -0.356 e. The molecular weight excluding hydrogens is 328 g/mol. The minimum atomic E-state index is -0.0949. The number of benzene rings is 1. The highest BCUT2D eigenvalue weighted by Gasteiger charge is 2.19. The summed E-state index contributed by atoms with van der Waals surface area (Å²) in [6, 6.07) is 8.11. The second-order valence-corrected chi connectivity index (χ2v) is 5.73. The Labute approximate surface area is 149 Å². The third-order valence-corrected chi connectivity index (χ3v) is 3.97. The molecule has 3 N–H and O–H groups in total. The summed E-state index contributed by atoms with van der Waals surface area (Å²) in [6.07, 6.45) is 2.10. The summed E-state index contributed by atoms with van der Waals surface area (Å²) in [5.41, 5.74) is 2.52. The van der Waals surface area contributed by atoms with E-state index in [9.17, 15) is 9.59 Å². The lowest BCUT2D eigenvalue weighted by Gasteiger charge is -2.28. The number of urea groups is 1. The zero-order valence-corrected chi connectivity index (χ0v) is 15.0. The highest BCUT2D eigenvalue weighted by molar-refractivity contribution is 5.85. The fraction of sp³-hybridized carbons (Fsp3) is 0.529. The second-order valence-electron chi connectivity index (χ2n) is 5.73. The van der Waals surface area contributed by atoms with E-state index in [-0.39, 0.29) is 24.3 Å². The van der Waals surface area contributed by atoms with Gasteiger partial charge in [0.15, 0.2) is 0 Å². The molecule has 0 aromatic heterocycles. The van der Waals surface area contributed by atoms with Crippen LogP contribution in [-0.4, -0.2) is 50.1 Å². The van der Waals surface area contributed by atoms with E-state index in [4.69, 9.17) is 0 Å². The fourth-order valence-electron chi connectivity index (χ4n) is 2.65. The first-order valence-electron chi connectivity index (χ1n) is 8.21. The van der Waals surface area contributed by atoms with Crippen molar-refractivity contribution in [1.29, 1.82) is 0 Å². The molecule has 134 valence electrons. The van der Waals surface area contributed by atoms with Gasteiger partial charge in [0.2, 0.25) is 5.91 Å². The Balaban J connectivity index is 0.00000288. The Morgan fingerprint density at radius 1 is 1.08 bits per heavy atom. The van der Waals surface area contributed by atoms with Crippen LogP contribution in [0.1, 0.15) is 24.0 Å². The van der Waals surface area contributed by atoms with Gasteiger partial charge >= 0.3 is 6.03 Å². The lowest BCUT2D eigenvalue weighted by atomic mass is 10.0. The summed E-state index contributed by atoms with van der Waals surface area (Å²) in [4.78, 5) is 25.6. The molecule has 0 unspecified atom stereocenters. The summed E-state index contributed by atoms with van der Waals surface area (Å²) in [7, 11) is 1.89. The van der Waals surface area contributed by atoms with Crippen molar-refractivity contribution in [1.82, 2.24) is 20.9 Å². The van der Waals surface area contributed by atoms with Crippen LogP contribution in [0.4, 0.5) is 4.79 Å². The molecule has 24 heavy (non-hydrogen) atoms. The molecule has 1 aromatic carbocycles. The van der Waals surface area contributed by atoms with Gasteiger partial charge in [-0.15, -0.1) is 12.4 Å². The molecule has 1 aromatic rings. The Morgan fingerprint density at radius 3 is 2.58 bits per heavy atom. The maximum absolute atomic E-state index is 12.2. The van der Waals surface area contributed by atoms with E-state index in [1.807, 2.05) is 19.2 Å². The van der Waals surface area contributed by atoms with Crippen molar-refractivity contribution in [2.45, 2.75) is 25.8 Å². The van der Waals surface area contributed by atoms with E-state index >= 15 is 0 Å². The monoisotopic (exact) mass is 354 g/mol. The Bertz CT molecular complexity index is 539. The van der Waals surface area contributed by atoms with Gasteiger partial charge in [-0.05, 0) is 37.6 Å². The third kappa shape index (κ3) is 6.37. The predicted molar refractivity (Wildman–Crippen MR) is 97.4 cm³/mol. The minimum absolute atomic E-state index is 0. The zero-order chi connectivity index (χ0) is 16.5. The summed E-state index contributed by atoms with van der Waals surface area (Å²) < 4.78 is 0. The Hall–Kier alpha value is -1.79. The van der Waals surface area contributed by atoms with Crippen LogP contribution >= 0.6 is 12.4 Å². The molecule has 0 bridgehead atoms. The number of halogens is 1. The molecule has 0 aliphatic carbocycles. The van der Waals surface area contributed by atoms with Crippen molar-refractivity contribution in [3.8, 4) is 0 Å². The number of fused-ring (bicyclic) bond motifs is 1. The Morgan fingerprint density at radius 2 is 1.83 bits per heavy atom. The molecule has 0 atom stereocenters. The molecule has 1 heterocycles. The van der Waals surface area contributed by atoms with E-state index in [2.05, 4.69) is 28.1 Å². The van der Waals surface area contributed by atoms with Gasteiger partial charge in [0.05, 0.1) is 0 Å². The maximum atomic E-state index is 12.2. The molecule has 3 amide bonds. The number of nitrogens with zero attached hydrogens (tertiary/aromatic N) is 1. The van der Waals surface area contributed by atoms with Crippen LogP contribution in [0, 0.1) is 0 Å². The van der Waals surface area contributed by atoms with Crippen LogP contribution in [0.5, 0.6) is 0 Å². The van der Waals surface area contributed by atoms with Crippen molar-refractivity contribution in [2.75, 3.05) is 33.2 Å². The summed E-state index contributed by atoms with van der Waals surface area (Å²) in [5.74, 6) is -0.0228. The molecule has 0 saturated heterocycles. The average molecular weight is 355 g/mol. The van der Waals surface area contributed by atoms with Crippen LogP contribution in [0.2, 0.25) is 0 Å². The zero-order valence-electron chi connectivity index (χ0n) is 14.1. The van der Waals surface area contributed by atoms with E-state index < -0.39 is 0 Å². The second kappa shape index (κ2) is 10.9. The van der Waals surface area contributed by atoms with E-state index in [0.29, 0.717) is 26.1 Å². The van der Waals surface area contributed by atoms with Gasteiger partial charge < -0.3 is 20.9 Å². The molecule has 1 aliphatic heterocycles. The lowest BCUT2D eigenvalue weighted by molar-refractivity contribution is -0.120. The number of carbonyl (C=O) groups excluding carboxylic acids is 2. The fourth-order valence-corrected chi connectivity index (χ4v) is 2.65. The van der Waals surface area contributed by atoms with Crippen LogP contribution in [0.25, 0.3) is 0 Å². The van der Waals surface area contributed by atoms with Crippen LogP contribution in [-0.2, 0) is 17.8 Å². The number of hydrogen-bond donors (Lipinski definition) is 3. The van der Waals surface area contributed by atoms with Gasteiger partial charge in [-0.3, -0.25) is 4.79 Å². The predicted octanol–water partition coefficient (Wildman–Crippen LogP) is 1.29. The summed E-state index contributed by atoms with van der Waals surface area (Å²) in [5, 5.41) is 8.70. The average Bonchev–Trinajstić information content (AvgIpc) is 2.58. The number of hydrogen-bond acceptors (Lipinski definition) is 3. The smallest absolute Gasteiger partial charge is 0.317 e. The topological polar surface area (TPSA) is 73.5 Å². The van der Waals surface area contributed by atoms with Crippen LogP contribution in [0.3, 0.4) is 0 Å². The molecule has 7 heteroatoms.